The van der Waals surface area contributed by atoms with E-state index in [1.54, 1.807) is 6.20 Å². The number of nitrogens with zero attached hydrogens (tertiary/aromatic N) is 1. The van der Waals surface area contributed by atoms with Crippen LogP contribution in [0.4, 0.5) is 0 Å². The summed E-state index contributed by atoms with van der Waals surface area (Å²) >= 11 is 6.12. The Morgan fingerprint density at radius 2 is 1.84 bits per heavy atom. The predicted octanol–water partition coefficient (Wildman–Crippen LogP) is 6.38. The van der Waals surface area contributed by atoms with E-state index < -0.39 is 0 Å². The summed E-state index contributed by atoms with van der Waals surface area (Å²) in [6.45, 7) is 8.80. The molecule has 0 spiro atoms. The lowest BCUT2D eigenvalue weighted by atomic mass is 9.93. The Morgan fingerprint density at radius 1 is 1.09 bits per heavy atom. The molecule has 0 aliphatic heterocycles. The molecule has 0 bridgehead atoms. The van der Waals surface area contributed by atoms with Gasteiger partial charge in [-0.3, -0.25) is 9.78 Å². The van der Waals surface area contributed by atoms with Crippen molar-refractivity contribution in [1.82, 2.24) is 10.3 Å². The topological polar surface area (TPSA) is 51.2 Å². The maximum absolute atomic E-state index is 12.8. The lowest BCUT2D eigenvalue weighted by Crippen LogP contribution is -2.31. The van der Waals surface area contributed by atoms with Crippen LogP contribution in [0.15, 0.2) is 60.8 Å². The van der Waals surface area contributed by atoms with E-state index in [2.05, 4.69) is 24.1 Å². The molecule has 4 nitrogen and oxygen atoms in total. The van der Waals surface area contributed by atoms with Crippen LogP contribution in [0.2, 0.25) is 5.02 Å². The third kappa shape index (κ3) is 6.83. The highest BCUT2D eigenvalue weighted by Gasteiger charge is 2.18. The fourth-order valence-electron chi connectivity index (χ4n) is 3.73. The number of aryl methyl sites for hydroxylation is 2. The average Bonchev–Trinajstić information content (AvgIpc) is 2.73. The number of aromatic nitrogens is 1. The Labute approximate surface area is 196 Å². The molecule has 168 valence electrons. The number of carbonyl (C=O) groups excluding carboxylic acids is 1. The van der Waals surface area contributed by atoms with Crippen LogP contribution in [0.1, 0.15) is 54.3 Å². The Bertz CT molecular complexity index is 1050. The highest BCUT2D eigenvalue weighted by atomic mass is 35.5. The molecule has 1 amide bonds. The Balaban J connectivity index is 1.60. The summed E-state index contributed by atoms with van der Waals surface area (Å²) in [5.74, 6) is 1.23. The smallest absolute Gasteiger partial charge is 0.224 e. The van der Waals surface area contributed by atoms with Crippen LogP contribution in [-0.2, 0) is 17.8 Å². The van der Waals surface area contributed by atoms with Gasteiger partial charge in [0.2, 0.25) is 5.91 Å². The van der Waals surface area contributed by atoms with E-state index in [0.29, 0.717) is 24.0 Å². The molecule has 0 radical (unpaired) electrons. The molecule has 0 saturated carbocycles. The van der Waals surface area contributed by atoms with Crippen LogP contribution >= 0.6 is 11.6 Å². The van der Waals surface area contributed by atoms with Crippen molar-refractivity contribution in [2.24, 2.45) is 5.92 Å². The van der Waals surface area contributed by atoms with Crippen molar-refractivity contribution in [1.29, 1.82) is 0 Å². The van der Waals surface area contributed by atoms with Crippen molar-refractivity contribution in [2.75, 3.05) is 0 Å². The van der Waals surface area contributed by atoms with E-state index in [4.69, 9.17) is 16.3 Å². The van der Waals surface area contributed by atoms with Gasteiger partial charge in [-0.25, -0.2) is 0 Å². The summed E-state index contributed by atoms with van der Waals surface area (Å²) in [7, 11) is 0. The maximum atomic E-state index is 12.8. The molecule has 1 N–H and O–H groups in total. The summed E-state index contributed by atoms with van der Waals surface area (Å²) in [6, 6.07) is 17.4. The first-order chi connectivity index (χ1) is 15.3. The zero-order chi connectivity index (χ0) is 23.1. The highest BCUT2D eigenvalue weighted by Crippen LogP contribution is 2.26. The minimum absolute atomic E-state index is 0.00431. The molecular formula is C27H31ClN2O2. The van der Waals surface area contributed by atoms with Gasteiger partial charge in [-0.2, -0.15) is 0 Å². The summed E-state index contributed by atoms with van der Waals surface area (Å²) < 4.78 is 5.87. The van der Waals surface area contributed by atoms with Gasteiger partial charge >= 0.3 is 0 Å². The Morgan fingerprint density at radius 3 is 2.50 bits per heavy atom. The molecule has 3 rings (SSSR count). The van der Waals surface area contributed by atoms with E-state index in [-0.39, 0.29) is 11.9 Å². The number of hydrogen-bond acceptors (Lipinski definition) is 3. The molecular weight excluding hydrogens is 420 g/mol. The fourth-order valence-corrected chi connectivity index (χ4v) is 3.96. The van der Waals surface area contributed by atoms with E-state index in [0.717, 1.165) is 40.1 Å². The zero-order valence-electron chi connectivity index (χ0n) is 19.2. The second-order valence-electron chi connectivity index (χ2n) is 8.61. The molecule has 3 aromatic rings. The highest BCUT2D eigenvalue weighted by molar-refractivity contribution is 6.30. The second kappa shape index (κ2) is 11.1. The van der Waals surface area contributed by atoms with Gasteiger partial charge in [-0.1, -0.05) is 49.7 Å². The van der Waals surface area contributed by atoms with Crippen molar-refractivity contribution < 1.29 is 9.53 Å². The SMILES string of the molecule is Cc1cc(Cl)ccc1C(CC(C)C)NC(=O)Cc1ccc(OCc2cccnc2C)cc1. The summed E-state index contributed by atoms with van der Waals surface area (Å²) in [5, 5.41) is 3.93. The average molecular weight is 451 g/mol. The van der Waals surface area contributed by atoms with Crippen molar-refractivity contribution in [3.63, 3.8) is 0 Å². The molecule has 1 atom stereocenters. The number of benzene rings is 2. The number of amides is 1. The molecule has 1 heterocycles. The van der Waals surface area contributed by atoms with Crippen LogP contribution < -0.4 is 10.1 Å². The van der Waals surface area contributed by atoms with E-state index >= 15 is 0 Å². The number of carbonyl (C=O) groups is 1. The van der Waals surface area contributed by atoms with Gasteiger partial charge in [0.1, 0.15) is 12.4 Å². The van der Waals surface area contributed by atoms with E-state index in [9.17, 15) is 4.79 Å². The fraction of sp³-hybridized carbons (Fsp3) is 0.333. The van der Waals surface area contributed by atoms with Crippen molar-refractivity contribution >= 4 is 17.5 Å². The first-order valence-corrected chi connectivity index (χ1v) is 11.4. The minimum Gasteiger partial charge on any atom is -0.489 e. The number of nitrogens with one attached hydrogen (secondary N) is 1. The molecule has 5 heteroatoms. The number of pyridine rings is 1. The van der Waals surface area contributed by atoms with Gasteiger partial charge in [0.15, 0.2) is 0 Å². The second-order valence-corrected chi connectivity index (χ2v) is 9.04. The number of halogens is 1. The third-order valence-corrected chi connectivity index (χ3v) is 5.68. The molecule has 0 aliphatic carbocycles. The summed E-state index contributed by atoms with van der Waals surface area (Å²) in [5.41, 5.74) is 5.18. The number of rotatable bonds is 9. The lowest BCUT2D eigenvalue weighted by molar-refractivity contribution is -0.121. The monoisotopic (exact) mass is 450 g/mol. The van der Waals surface area contributed by atoms with E-state index in [1.165, 1.54) is 0 Å². The number of hydrogen-bond donors (Lipinski definition) is 1. The standard InChI is InChI=1S/C27H31ClN2O2/c1-18(2)14-26(25-12-9-23(28)15-19(25)3)30-27(31)16-21-7-10-24(11-8-21)32-17-22-6-5-13-29-20(22)4/h5-13,15,18,26H,14,16-17H2,1-4H3,(H,30,31). The van der Waals surface area contributed by atoms with Crippen molar-refractivity contribution in [3.05, 3.63) is 93.8 Å². The molecule has 1 aromatic heterocycles. The first kappa shape index (κ1) is 23.8. The van der Waals surface area contributed by atoms with Crippen molar-refractivity contribution in [3.8, 4) is 5.75 Å². The van der Waals surface area contributed by atoms with Gasteiger partial charge < -0.3 is 10.1 Å². The van der Waals surface area contributed by atoms with E-state index in [1.807, 2.05) is 68.4 Å². The summed E-state index contributed by atoms with van der Waals surface area (Å²) in [4.78, 5) is 17.1. The van der Waals surface area contributed by atoms with Crippen LogP contribution in [0, 0.1) is 19.8 Å². The lowest BCUT2D eigenvalue weighted by Gasteiger charge is -2.23. The van der Waals surface area contributed by atoms with Gasteiger partial charge in [-0.05, 0) is 73.2 Å². The minimum atomic E-state index is -0.0369. The number of ether oxygens (including phenoxy) is 1. The van der Waals surface area contributed by atoms with Gasteiger partial charge in [-0.15, -0.1) is 0 Å². The predicted molar refractivity (Wildman–Crippen MR) is 130 cm³/mol. The summed E-state index contributed by atoms with van der Waals surface area (Å²) in [6.07, 6.45) is 2.97. The quantitative estimate of drug-likeness (QED) is 0.411. The largest absolute Gasteiger partial charge is 0.489 e. The van der Waals surface area contributed by atoms with Crippen LogP contribution in [0.25, 0.3) is 0 Å². The van der Waals surface area contributed by atoms with Gasteiger partial charge in [0, 0.05) is 22.5 Å². The molecule has 0 saturated heterocycles. The van der Waals surface area contributed by atoms with Crippen LogP contribution in [0.5, 0.6) is 5.75 Å². The van der Waals surface area contributed by atoms with Gasteiger partial charge in [0.05, 0.1) is 12.5 Å². The molecule has 32 heavy (non-hydrogen) atoms. The van der Waals surface area contributed by atoms with Crippen LogP contribution in [0.3, 0.4) is 0 Å². The molecule has 0 aliphatic rings. The zero-order valence-corrected chi connectivity index (χ0v) is 19.9. The Kier molecular flexibility index (Phi) is 8.29. The Hall–Kier alpha value is -2.85. The first-order valence-electron chi connectivity index (χ1n) is 11.0. The third-order valence-electron chi connectivity index (χ3n) is 5.45. The normalized spacial score (nSPS) is 11.9. The molecule has 1 unspecified atom stereocenters. The van der Waals surface area contributed by atoms with Crippen LogP contribution in [-0.4, -0.2) is 10.9 Å². The molecule has 2 aromatic carbocycles. The maximum Gasteiger partial charge on any atom is 0.224 e. The van der Waals surface area contributed by atoms with Gasteiger partial charge in [0.25, 0.3) is 0 Å². The molecule has 0 fully saturated rings. The van der Waals surface area contributed by atoms with Crippen molar-refractivity contribution in [2.45, 2.75) is 53.2 Å².